The van der Waals surface area contributed by atoms with Gasteiger partial charge in [-0.05, 0) is 37.1 Å². The maximum absolute atomic E-state index is 13.0. The normalized spacial score (nSPS) is 15.3. The van der Waals surface area contributed by atoms with Gasteiger partial charge in [-0.25, -0.2) is 14.7 Å². The van der Waals surface area contributed by atoms with Gasteiger partial charge in [0.05, 0.1) is 11.6 Å². The standard InChI is InChI=1S/C18H17F3N6O/c1-13-9-14(11-15(10-13)18(19,20)21)17-23-12-25(24-17)7-3-16(28)27-6-2-5-26(27)8-4-22/h3,7,9-12H,2,5-6,8H2,1H3/b7-3-. The van der Waals surface area contributed by atoms with Gasteiger partial charge in [0.1, 0.15) is 12.9 Å². The SMILES string of the molecule is Cc1cc(-c2ncn(/C=C\C(=O)N3CCCN3CC#N)n2)cc(C(F)(F)F)c1. The predicted octanol–water partition coefficient (Wildman–Crippen LogP) is 2.72. The summed E-state index contributed by atoms with van der Waals surface area (Å²) in [4.78, 5) is 16.3. The van der Waals surface area contributed by atoms with Crippen molar-refractivity contribution in [2.24, 2.45) is 0 Å². The van der Waals surface area contributed by atoms with Crippen LogP contribution in [0, 0.1) is 18.3 Å². The summed E-state index contributed by atoms with van der Waals surface area (Å²) in [5.41, 5.74) is -0.0831. The lowest BCUT2D eigenvalue weighted by molar-refractivity contribution is -0.138. The molecule has 0 N–H and O–H groups in total. The second-order valence-corrected chi connectivity index (χ2v) is 6.31. The number of halogens is 3. The minimum absolute atomic E-state index is 0.124. The topological polar surface area (TPSA) is 78.0 Å². The Kier molecular flexibility index (Phi) is 5.46. The third-order valence-corrected chi connectivity index (χ3v) is 4.18. The van der Waals surface area contributed by atoms with Crippen molar-refractivity contribution >= 4 is 12.1 Å². The Balaban J connectivity index is 1.76. The number of nitrogens with zero attached hydrogens (tertiary/aromatic N) is 6. The number of aryl methyl sites for hydroxylation is 1. The first-order valence-corrected chi connectivity index (χ1v) is 8.50. The number of hydrogen-bond donors (Lipinski definition) is 0. The molecule has 1 amide bonds. The van der Waals surface area contributed by atoms with E-state index in [1.165, 1.54) is 28.3 Å². The second-order valence-electron chi connectivity index (χ2n) is 6.31. The van der Waals surface area contributed by atoms with Gasteiger partial charge in [0.2, 0.25) is 0 Å². The first-order valence-electron chi connectivity index (χ1n) is 8.50. The Labute approximate surface area is 159 Å². The van der Waals surface area contributed by atoms with Crippen molar-refractivity contribution in [1.82, 2.24) is 24.8 Å². The van der Waals surface area contributed by atoms with Crippen LogP contribution < -0.4 is 0 Å². The van der Waals surface area contributed by atoms with E-state index < -0.39 is 11.7 Å². The van der Waals surface area contributed by atoms with E-state index in [0.29, 0.717) is 18.7 Å². The van der Waals surface area contributed by atoms with Crippen LogP contribution >= 0.6 is 0 Å². The van der Waals surface area contributed by atoms with Crippen molar-refractivity contribution in [1.29, 1.82) is 5.26 Å². The molecule has 7 nitrogen and oxygen atoms in total. The van der Waals surface area contributed by atoms with E-state index in [2.05, 4.69) is 10.1 Å². The molecule has 0 saturated carbocycles. The van der Waals surface area contributed by atoms with Gasteiger partial charge in [-0.15, -0.1) is 5.10 Å². The molecule has 0 spiro atoms. The highest BCUT2D eigenvalue weighted by Crippen LogP contribution is 2.32. The largest absolute Gasteiger partial charge is 0.416 e. The number of nitriles is 1. The van der Waals surface area contributed by atoms with Crippen LogP contribution in [0.1, 0.15) is 17.5 Å². The number of alkyl halides is 3. The summed E-state index contributed by atoms with van der Waals surface area (Å²) in [5.74, 6) is -0.182. The summed E-state index contributed by atoms with van der Waals surface area (Å²) in [6, 6.07) is 5.62. The van der Waals surface area contributed by atoms with Crippen LogP contribution in [-0.2, 0) is 11.0 Å². The maximum atomic E-state index is 13.0. The lowest BCUT2D eigenvalue weighted by atomic mass is 10.1. The lowest BCUT2D eigenvalue weighted by Crippen LogP contribution is -2.40. The molecule has 10 heteroatoms. The van der Waals surface area contributed by atoms with Crippen molar-refractivity contribution < 1.29 is 18.0 Å². The Morgan fingerprint density at radius 2 is 2.11 bits per heavy atom. The third kappa shape index (κ3) is 4.37. The molecule has 1 aliphatic rings. The highest BCUT2D eigenvalue weighted by atomic mass is 19.4. The van der Waals surface area contributed by atoms with Crippen LogP contribution in [0.2, 0.25) is 0 Å². The van der Waals surface area contributed by atoms with Crippen LogP contribution in [-0.4, -0.2) is 50.3 Å². The molecule has 0 bridgehead atoms. The van der Waals surface area contributed by atoms with Gasteiger partial charge in [0.15, 0.2) is 5.82 Å². The first-order chi connectivity index (χ1) is 13.3. The molecular formula is C18H17F3N6O. The fourth-order valence-corrected chi connectivity index (χ4v) is 2.94. The van der Waals surface area contributed by atoms with Crippen molar-refractivity contribution in [2.45, 2.75) is 19.5 Å². The molecular weight excluding hydrogens is 373 g/mol. The van der Waals surface area contributed by atoms with E-state index in [9.17, 15) is 18.0 Å². The molecule has 0 unspecified atom stereocenters. The summed E-state index contributed by atoms with van der Waals surface area (Å²) in [5, 5.41) is 16.0. The molecule has 2 heterocycles. The Bertz CT molecular complexity index is 944. The van der Waals surface area contributed by atoms with Gasteiger partial charge in [-0.2, -0.15) is 18.4 Å². The van der Waals surface area contributed by atoms with Crippen LogP contribution in [0.3, 0.4) is 0 Å². The Morgan fingerprint density at radius 3 is 2.82 bits per heavy atom. The fourth-order valence-electron chi connectivity index (χ4n) is 2.94. The number of benzene rings is 1. The molecule has 2 aromatic rings. The van der Waals surface area contributed by atoms with E-state index in [0.717, 1.165) is 18.6 Å². The molecule has 1 aliphatic heterocycles. The van der Waals surface area contributed by atoms with Gasteiger partial charge in [-0.1, -0.05) is 0 Å². The van der Waals surface area contributed by atoms with Crippen LogP contribution in [0.15, 0.2) is 30.6 Å². The van der Waals surface area contributed by atoms with Crippen LogP contribution in [0.5, 0.6) is 0 Å². The minimum atomic E-state index is -4.46. The van der Waals surface area contributed by atoms with Gasteiger partial charge >= 0.3 is 6.18 Å². The Morgan fingerprint density at radius 1 is 1.32 bits per heavy atom. The van der Waals surface area contributed by atoms with Crippen molar-refractivity contribution in [3.63, 3.8) is 0 Å². The molecule has 28 heavy (non-hydrogen) atoms. The maximum Gasteiger partial charge on any atom is 0.416 e. The fraction of sp³-hybridized carbons (Fsp3) is 0.333. The van der Waals surface area contributed by atoms with Gasteiger partial charge in [0, 0.05) is 30.9 Å². The van der Waals surface area contributed by atoms with Crippen LogP contribution in [0.4, 0.5) is 13.2 Å². The summed E-state index contributed by atoms with van der Waals surface area (Å²) in [7, 11) is 0. The zero-order valence-corrected chi connectivity index (χ0v) is 15.0. The molecule has 1 aromatic carbocycles. The number of carbonyl (C=O) groups is 1. The van der Waals surface area contributed by atoms with Gasteiger partial charge in [0.25, 0.3) is 5.91 Å². The molecule has 146 valence electrons. The van der Waals surface area contributed by atoms with Crippen molar-refractivity contribution in [3.8, 4) is 17.5 Å². The first kappa shape index (κ1) is 19.6. The summed E-state index contributed by atoms with van der Waals surface area (Å²) in [6.45, 7) is 2.85. The third-order valence-electron chi connectivity index (χ3n) is 4.18. The smallest absolute Gasteiger partial charge is 0.271 e. The second kappa shape index (κ2) is 7.82. The quantitative estimate of drug-likeness (QED) is 0.593. The number of amides is 1. The Hall–Kier alpha value is -3.19. The monoisotopic (exact) mass is 390 g/mol. The number of rotatable bonds is 4. The van der Waals surface area contributed by atoms with E-state index in [1.807, 2.05) is 6.07 Å². The van der Waals surface area contributed by atoms with E-state index in [4.69, 9.17) is 5.26 Å². The van der Waals surface area contributed by atoms with E-state index in [1.54, 1.807) is 18.0 Å². The molecule has 1 saturated heterocycles. The molecule has 1 aromatic heterocycles. The predicted molar refractivity (Wildman–Crippen MR) is 94.0 cm³/mol. The highest BCUT2D eigenvalue weighted by Gasteiger charge is 2.31. The number of aromatic nitrogens is 3. The zero-order valence-electron chi connectivity index (χ0n) is 15.0. The van der Waals surface area contributed by atoms with Gasteiger partial charge < -0.3 is 0 Å². The molecule has 3 rings (SSSR count). The average molecular weight is 390 g/mol. The summed E-state index contributed by atoms with van der Waals surface area (Å²) >= 11 is 0. The molecule has 0 radical (unpaired) electrons. The zero-order chi connectivity index (χ0) is 20.3. The van der Waals surface area contributed by atoms with E-state index in [-0.39, 0.29) is 23.8 Å². The number of carbonyl (C=O) groups excluding carboxylic acids is 1. The summed E-state index contributed by atoms with van der Waals surface area (Å²) in [6.07, 6.45) is 0.295. The number of hydrazine groups is 1. The van der Waals surface area contributed by atoms with Crippen molar-refractivity contribution in [2.75, 3.05) is 19.6 Å². The van der Waals surface area contributed by atoms with Crippen molar-refractivity contribution in [3.05, 3.63) is 41.7 Å². The van der Waals surface area contributed by atoms with E-state index >= 15 is 0 Å². The highest BCUT2D eigenvalue weighted by molar-refractivity contribution is 5.89. The lowest BCUT2D eigenvalue weighted by Gasteiger charge is -2.24. The molecule has 1 fully saturated rings. The average Bonchev–Trinajstić information content (AvgIpc) is 3.28. The number of hydrogen-bond acceptors (Lipinski definition) is 5. The summed E-state index contributed by atoms with van der Waals surface area (Å²) < 4.78 is 40.2. The minimum Gasteiger partial charge on any atom is -0.271 e. The van der Waals surface area contributed by atoms with Crippen LogP contribution in [0.25, 0.3) is 17.6 Å². The van der Waals surface area contributed by atoms with Gasteiger partial charge in [-0.3, -0.25) is 9.80 Å². The molecule has 0 aliphatic carbocycles. The molecule has 0 atom stereocenters.